The molecule has 1 aromatic heterocycles. The lowest BCUT2D eigenvalue weighted by Gasteiger charge is -2.20. The van der Waals surface area contributed by atoms with Crippen LogP contribution in [0.15, 0.2) is 85.2 Å². The summed E-state index contributed by atoms with van der Waals surface area (Å²) in [5, 5.41) is 2.45. The molecule has 3 aromatic carbocycles. The van der Waals surface area contributed by atoms with Gasteiger partial charge in [-0.3, -0.25) is 4.57 Å². The fraction of sp³-hybridized carbons (Fsp3) is 0.0870. The van der Waals surface area contributed by atoms with Crippen LogP contribution in [0.5, 0.6) is 0 Å². The fourth-order valence-corrected chi connectivity index (χ4v) is 5.29. The quantitative estimate of drug-likeness (QED) is 0.485. The molecule has 0 N–H and O–H groups in total. The summed E-state index contributed by atoms with van der Waals surface area (Å²) in [6.07, 6.45) is 3.69. The van der Waals surface area contributed by atoms with Gasteiger partial charge in [0.15, 0.2) is 0 Å². The van der Waals surface area contributed by atoms with Crippen LogP contribution in [-0.2, 0) is 0 Å². The average Bonchev–Trinajstić information content (AvgIpc) is 3.14. The molecule has 0 aliphatic heterocycles. The molecule has 0 atom stereocenters. The third kappa shape index (κ3) is 3.70. The molecule has 0 bridgehead atoms. The Morgan fingerprint density at radius 1 is 0.815 bits per heavy atom. The van der Waals surface area contributed by atoms with E-state index in [1.807, 2.05) is 16.8 Å². The minimum Gasteiger partial charge on any atom is -0.299 e. The Labute approximate surface area is 160 Å². The number of aromatic nitrogens is 2. The number of rotatable bonds is 4. The summed E-state index contributed by atoms with van der Waals surface area (Å²) in [7, 11) is -0.858. The molecule has 0 spiro atoms. The van der Waals surface area contributed by atoms with Crippen LogP contribution in [0.2, 0.25) is 0 Å². The van der Waals surface area contributed by atoms with Gasteiger partial charge in [0.1, 0.15) is 11.4 Å². The van der Waals surface area contributed by atoms with Gasteiger partial charge < -0.3 is 0 Å². The Morgan fingerprint density at radius 2 is 1.41 bits per heavy atom. The van der Waals surface area contributed by atoms with Crippen LogP contribution in [0.4, 0.5) is 4.39 Å². The monoisotopic (exact) mass is 374 g/mol. The Morgan fingerprint density at radius 3 is 1.96 bits per heavy atom. The number of hydrogen-bond donors (Lipinski definition) is 0. The van der Waals surface area contributed by atoms with Gasteiger partial charge in [-0.05, 0) is 42.7 Å². The van der Waals surface area contributed by atoms with Gasteiger partial charge in [0.2, 0.25) is 0 Å². The summed E-state index contributed by atoms with van der Waals surface area (Å²) in [5.74, 6) is -0.248. The van der Waals surface area contributed by atoms with Crippen LogP contribution in [0, 0.1) is 19.7 Å². The van der Waals surface area contributed by atoms with Crippen LogP contribution >= 0.6 is 7.92 Å². The van der Waals surface area contributed by atoms with Crippen molar-refractivity contribution in [2.45, 2.75) is 13.8 Å². The molecule has 27 heavy (non-hydrogen) atoms. The zero-order valence-electron chi connectivity index (χ0n) is 15.3. The molecule has 0 aliphatic rings. The molecule has 0 fully saturated rings. The molecule has 0 radical (unpaired) electrons. The van der Waals surface area contributed by atoms with E-state index in [-0.39, 0.29) is 5.82 Å². The maximum Gasteiger partial charge on any atom is 0.145 e. The Bertz CT molecular complexity index is 1010. The first-order valence-electron chi connectivity index (χ1n) is 8.84. The zero-order chi connectivity index (χ0) is 18.8. The van der Waals surface area contributed by atoms with Gasteiger partial charge in [-0.15, -0.1) is 0 Å². The lowest BCUT2D eigenvalue weighted by atomic mass is 10.2. The first-order valence-corrected chi connectivity index (χ1v) is 10.2. The smallest absolute Gasteiger partial charge is 0.145 e. The molecule has 134 valence electrons. The van der Waals surface area contributed by atoms with E-state index >= 15 is 0 Å². The third-order valence-electron chi connectivity index (χ3n) is 4.49. The first kappa shape index (κ1) is 17.6. The highest BCUT2D eigenvalue weighted by atomic mass is 31.1. The lowest BCUT2D eigenvalue weighted by molar-refractivity contribution is 0.627. The van der Waals surface area contributed by atoms with Crippen LogP contribution in [-0.4, -0.2) is 9.55 Å². The summed E-state index contributed by atoms with van der Waals surface area (Å²) in [6, 6.07) is 23.9. The second kappa shape index (κ2) is 7.46. The molecule has 4 heteroatoms. The summed E-state index contributed by atoms with van der Waals surface area (Å²) in [4.78, 5) is 4.69. The van der Waals surface area contributed by atoms with Crippen LogP contribution in [0.25, 0.3) is 5.69 Å². The normalized spacial score (nSPS) is 11.1. The molecule has 0 aliphatic carbocycles. The predicted molar refractivity (Wildman–Crippen MR) is 112 cm³/mol. The number of hydrogen-bond acceptors (Lipinski definition) is 1. The Kier molecular flexibility index (Phi) is 4.87. The van der Waals surface area contributed by atoms with Gasteiger partial charge in [0.25, 0.3) is 0 Å². The van der Waals surface area contributed by atoms with Crippen LogP contribution < -0.4 is 16.2 Å². The van der Waals surface area contributed by atoms with E-state index in [0.29, 0.717) is 0 Å². The number of halogens is 1. The van der Waals surface area contributed by atoms with E-state index < -0.39 is 7.92 Å². The standard InChI is InChI=1S/C23H20FN2P/c1-17-6-10-21(11-7-17)27(22-12-8-18(2)9-13-22)23-25-14-15-26(23)20-5-3-4-19(24)16-20/h3-16H,1-2H3. The van der Waals surface area contributed by atoms with Gasteiger partial charge >= 0.3 is 0 Å². The molecule has 4 rings (SSSR count). The molecule has 0 amide bonds. The summed E-state index contributed by atoms with van der Waals surface area (Å²) >= 11 is 0. The van der Waals surface area contributed by atoms with Crippen LogP contribution in [0.3, 0.4) is 0 Å². The molecular weight excluding hydrogens is 354 g/mol. The first-order chi connectivity index (χ1) is 13.1. The number of imidazole rings is 1. The largest absolute Gasteiger partial charge is 0.299 e. The minimum atomic E-state index is -0.858. The van der Waals surface area contributed by atoms with Crippen molar-refractivity contribution in [1.29, 1.82) is 0 Å². The number of benzene rings is 3. The van der Waals surface area contributed by atoms with Gasteiger partial charge in [-0.1, -0.05) is 65.7 Å². The number of aryl methyl sites for hydroxylation is 2. The Hall–Kier alpha value is -2.77. The minimum absolute atomic E-state index is 0.248. The summed E-state index contributed by atoms with van der Waals surface area (Å²) in [5.41, 5.74) is 4.18. The second-order valence-corrected chi connectivity index (χ2v) is 8.69. The fourth-order valence-electron chi connectivity index (χ4n) is 3.06. The van der Waals surface area contributed by atoms with Gasteiger partial charge in [-0.25, -0.2) is 9.37 Å². The van der Waals surface area contributed by atoms with E-state index in [0.717, 1.165) is 11.3 Å². The summed E-state index contributed by atoms with van der Waals surface area (Å²) in [6.45, 7) is 4.18. The lowest BCUT2D eigenvalue weighted by Crippen LogP contribution is -2.27. The second-order valence-electron chi connectivity index (χ2n) is 6.58. The van der Waals surface area contributed by atoms with Crippen molar-refractivity contribution in [3.63, 3.8) is 0 Å². The Balaban J connectivity index is 1.88. The van der Waals surface area contributed by atoms with Crippen molar-refractivity contribution >= 4 is 24.1 Å². The van der Waals surface area contributed by atoms with E-state index in [1.165, 1.54) is 27.8 Å². The summed E-state index contributed by atoms with van der Waals surface area (Å²) < 4.78 is 15.8. The van der Waals surface area contributed by atoms with E-state index in [4.69, 9.17) is 0 Å². The van der Waals surface area contributed by atoms with Gasteiger partial charge in [-0.2, -0.15) is 0 Å². The van der Waals surface area contributed by atoms with E-state index in [1.54, 1.807) is 18.3 Å². The van der Waals surface area contributed by atoms with Crippen molar-refractivity contribution in [3.8, 4) is 5.69 Å². The number of nitrogens with zero attached hydrogens (tertiary/aromatic N) is 2. The van der Waals surface area contributed by atoms with Crippen molar-refractivity contribution in [3.05, 3.63) is 102 Å². The van der Waals surface area contributed by atoms with Crippen molar-refractivity contribution in [2.75, 3.05) is 0 Å². The van der Waals surface area contributed by atoms with Crippen molar-refractivity contribution in [1.82, 2.24) is 9.55 Å². The molecule has 4 aromatic rings. The van der Waals surface area contributed by atoms with Crippen molar-refractivity contribution < 1.29 is 4.39 Å². The highest BCUT2D eigenvalue weighted by molar-refractivity contribution is 7.79. The SMILES string of the molecule is Cc1ccc(P(c2ccc(C)cc2)c2nccn2-c2cccc(F)c2)cc1. The predicted octanol–water partition coefficient (Wildman–Crippen LogP) is 4.39. The molecule has 1 heterocycles. The maximum absolute atomic E-state index is 13.8. The van der Waals surface area contributed by atoms with Crippen molar-refractivity contribution in [2.24, 2.45) is 0 Å². The molecule has 2 nitrogen and oxygen atoms in total. The van der Waals surface area contributed by atoms with E-state index in [2.05, 4.69) is 67.4 Å². The van der Waals surface area contributed by atoms with Crippen LogP contribution in [0.1, 0.15) is 11.1 Å². The molecule has 0 saturated heterocycles. The van der Waals surface area contributed by atoms with Gasteiger partial charge in [0.05, 0.1) is 0 Å². The highest BCUT2D eigenvalue weighted by Crippen LogP contribution is 2.33. The van der Waals surface area contributed by atoms with Gasteiger partial charge in [0, 0.05) is 26.0 Å². The molecule has 0 unspecified atom stereocenters. The highest BCUT2D eigenvalue weighted by Gasteiger charge is 2.22. The third-order valence-corrected chi connectivity index (χ3v) is 6.85. The maximum atomic E-state index is 13.8. The van der Waals surface area contributed by atoms with E-state index in [9.17, 15) is 4.39 Å². The topological polar surface area (TPSA) is 17.8 Å². The molecular formula is C23H20FN2P. The average molecular weight is 374 g/mol. The zero-order valence-corrected chi connectivity index (χ0v) is 16.2. The molecule has 0 saturated carbocycles.